The lowest BCUT2D eigenvalue weighted by Crippen LogP contribution is -2.48. The third-order valence-electron chi connectivity index (χ3n) is 11.0. The SMILES string of the molecule is CN[SH]1C(N2C=CC(C3CC3)=C(Nc3nc4ccccc4s3)N2)=NC(C(=O)O)=C1c1cnn(CC23CC4CC(CC(C4)C2)C3)c1C. The Labute approximate surface area is 275 Å². The van der Waals surface area contributed by atoms with Crippen molar-refractivity contribution in [2.24, 2.45) is 34.1 Å². The highest BCUT2D eigenvalue weighted by Gasteiger charge is 2.51. The van der Waals surface area contributed by atoms with Crippen molar-refractivity contribution in [1.82, 2.24) is 29.9 Å². The summed E-state index contributed by atoms with van der Waals surface area (Å²) in [5, 5.41) is 22.2. The van der Waals surface area contributed by atoms with Gasteiger partial charge in [-0.3, -0.25) is 14.8 Å². The molecule has 4 bridgehead atoms. The monoisotopic (exact) mass is 656 g/mol. The molecular formula is C34H40N8O2S2. The Balaban J connectivity index is 0.997. The van der Waals surface area contributed by atoms with Gasteiger partial charge in [0.1, 0.15) is 5.82 Å². The maximum Gasteiger partial charge on any atom is 0.355 e. The van der Waals surface area contributed by atoms with Crippen molar-refractivity contribution in [3.8, 4) is 0 Å². The van der Waals surface area contributed by atoms with Gasteiger partial charge in [0.25, 0.3) is 0 Å². The summed E-state index contributed by atoms with van der Waals surface area (Å²) in [5.74, 6) is 2.95. The minimum atomic E-state index is -1.29. The Morgan fingerprint density at radius 3 is 2.57 bits per heavy atom. The van der Waals surface area contributed by atoms with E-state index in [-0.39, 0.29) is 5.70 Å². The van der Waals surface area contributed by atoms with Gasteiger partial charge in [0.2, 0.25) is 0 Å². The Kier molecular flexibility index (Phi) is 6.66. The molecule has 2 aromatic heterocycles. The lowest BCUT2D eigenvalue weighted by molar-refractivity contribution is -0.132. The molecule has 4 N–H and O–H groups in total. The molecule has 46 heavy (non-hydrogen) atoms. The Morgan fingerprint density at radius 1 is 1.15 bits per heavy atom. The van der Waals surface area contributed by atoms with E-state index in [1.165, 1.54) is 44.1 Å². The highest BCUT2D eigenvalue weighted by molar-refractivity contribution is 8.35. The van der Waals surface area contributed by atoms with Crippen LogP contribution in [0.25, 0.3) is 15.1 Å². The summed E-state index contributed by atoms with van der Waals surface area (Å²) in [6.07, 6.45) is 16.5. The van der Waals surface area contributed by atoms with Crippen molar-refractivity contribution in [3.63, 3.8) is 0 Å². The van der Waals surface area contributed by atoms with Crippen LogP contribution in [0.5, 0.6) is 0 Å². The molecule has 1 unspecified atom stereocenters. The molecule has 0 saturated heterocycles. The molecule has 1 aromatic carbocycles. The molecule has 3 aromatic rings. The highest BCUT2D eigenvalue weighted by Crippen LogP contribution is 2.61. The van der Waals surface area contributed by atoms with Crippen LogP contribution >= 0.6 is 22.4 Å². The smallest absolute Gasteiger partial charge is 0.355 e. The van der Waals surface area contributed by atoms with Crippen molar-refractivity contribution >= 4 is 53.8 Å². The Hall–Kier alpha value is -3.61. The molecule has 2 aliphatic heterocycles. The number of carbonyl (C=O) groups is 1. The van der Waals surface area contributed by atoms with Crippen molar-refractivity contribution in [1.29, 1.82) is 0 Å². The van der Waals surface area contributed by atoms with Crippen molar-refractivity contribution in [3.05, 3.63) is 71.1 Å². The minimum Gasteiger partial charge on any atom is -0.476 e. The van der Waals surface area contributed by atoms with E-state index in [0.717, 1.165) is 74.5 Å². The number of anilines is 1. The van der Waals surface area contributed by atoms with Crippen LogP contribution < -0.4 is 15.5 Å². The van der Waals surface area contributed by atoms with E-state index >= 15 is 0 Å². The fourth-order valence-corrected chi connectivity index (χ4v) is 12.1. The molecular weight excluding hydrogens is 617 g/mol. The number of thiol groups is 1. The average molecular weight is 657 g/mol. The van der Waals surface area contributed by atoms with Gasteiger partial charge < -0.3 is 10.4 Å². The first kappa shape index (κ1) is 28.6. The van der Waals surface area contributed by atoms with Crippen molar-refractivity contribution < 1.29 is 9.90 Å². The summed E-state index contributed by atoms with van der Waals surface area (Å²) in [7, 11) is 1.89. The highest BCUT2D eigenvalue weighted by atomic mass is 32.2. The Morgan fingerprint density at radius 2 is 1.89 bits per heavy atom. The molecule has 0 spiro atoms. The molecule has 5 aliphatic carbocycles. The van der Waals surface area contributed by atoms with Gasteiger partial charge in [-0.2, -0.15) is 5.10 Å². The zero-order valence-electron chi connectivity index (χ0n) is 26.2. The second-order valence-corrected chi connectivity index (χ2v) is 17.2. The molecule has 5 fully saturated rings. The molecule has 5 saturated carbocycles. The number of aliphatic carboxylic acids is 1. The molecule has 1 atom stereocenters. The topological polar surface area (TPSA) is 120 Å². The molecule has 4 heterocycles. The molecule has 12 heteroatoms. The second-order valence-electron chi connectivity index (χ2n) is 14.2. The maximum atomic E-state index is 12.7. The number of nitrogens with zero attached hydrogens (tertiary/aromatic N) is 5. The van der Waals surface area contributed by atoms with E-state index in [4.69, 9.17) is 15.1 Å². The number of amidine groups is 1. The molecule has 10 nitrogen and oxygen atoms in total. The number of aliphatic imine (C=N–C) groups is 1. The first-order valence-electron chi connectivity index (χ1n) is 16.5. The number of allylic oxidation sites excluding steroid dienone is 2. The lowest BCUT2D eigenvalue weighted by atomic mass is 9.49. The van der Waals surface area contributed by atoms with Gasteiger partial charge in [0.05, 0.1) is 21.3 Å². The summed E-state index contributed by atoms with van der Waals surface area (Å²) in [6.45, 7) is 3.02. The summed E-state index contributed by atoms with van der Waals surface area (Å²) in [6, 6.07) is 8.13. The van der Waals surface area contributed by atoms with Gasteiger partial charge in [0, 0.05) is 24.0 Å². The molecule has 240 valence electrons. The maximum absolute atomic E-state index is 12.7. The summed E-state index contributed by atoms with van der Waals surface area (Å²) in [4.78, 5) is 23.0. The van der Waals surface area contributed by atoms with E-state index < -0.39 is 17.1 Å². The van der Waals surface area contributed by atoms with Crippen LogP contribution in [0, 0.1) is 36.0 Å². The predicted molar refractivity (Wildman–Crippen MR) is 185 cm³/mol. The van der Waals surface area contributed by atoms with E-state index in [0.29, 0.717) is 16.5 Å². The molecule has 0 amide bonds. The van der Waals surface area contributed by atoms with E-state index in [9.17, 15) is 9.90 Å². The quantitative estimate of drug-likeness (QED) is 0.178. The largest absolute Gasteiger partial charge is 0.476 e. The van der Waals surface area contributed by atoms with Gasteiger partial charge in [-0.25, -0.2) is 19.8 Å². The van der Waals surface area contributed by atoms with Gasteiger partial charge in [-0.05, 0) is 118 Å². The first-order chi connectivity index (χ1) is 22.4. The van der Waals surface area contributed by atoms with Gasteiger partial charge in [-0.15, -0.1) is 11.1 Å². The van der Waals surface area contributed by atoms with Crippen molar-refractivity contribution in [2.45, 2.75) is 64.8 Å². The van der Waals surface area contributed by atoms with E-state index in [1.54, 1.807) is 11.3 Å². The van der Waals surface area contributed by atoms with Gasteiger partial charge in [0.15, 0.2) is 16.0 Å². The minimum absolute atomic E-state index is 0.0840. The standard InChI is InChI=1S/C34H40N8O2S2/c1-19-25(17-36-42(19)18-34-14-20-11-21(15-34)13-22(12-20)16-34)29-28(31(43)44)38-33(46(29)35-2)41-10-9-24(23-7-8-23)30(40-41)39-32-37-26-5-3-4-6-27(26)45-32/h3-6,9-10,17,20-23,35,40,46H,7-8,11-16,18H2,1-2H3,(H,37,39)(H,43,44). The number of hydrazine groups is 1. The molecule has 10 rings (SSSR count). The van der Waals surface area contributed by atoms with Crippen LogP contribution in [0.2, 0.25) is 0 Å². The van der Waals surface area contributed by atoms with E-state index in [2.05, 4.69) is 39.2 Å². The lowest BCUT2D eigenvalue weighted by Gasteiger charge is -2.56. The fourth-order valence-electron chi connectivity index (χ4n) is 9.26. The van der Waals surface area contributed by atoms with Crippen LogP contribution in [0.4, 0.5) is 5.13 Å². The molecule has 0 radical (unpaired) electrons. The Bertz CT molecular complexity index is 1810. The number of para-hydroxylation sites is 1. The van der Waals surface area contributed by atoms with Crippen LogP contribution in [0.15, 0.2) is 64.8 Å². The number of hydrogen-bond acceptors (Lipinski definition) is 9. The van der Waals surface area contributed by atoms with Crippen LogP contribution in [0.3, 0.4) is 0 Å². The number of aromatic nitrogens is 3. The number of carboxylic acids is 1. The third kappa shape index (κ3) is 4.79. The van der Waals surface area contributed by atoms with Crippen LogP contribution in [0.1, 0.15) is 62.6 Å². The normalized spacial score (nSPS) is 30.8. The number of hydrogen-bond donors (Lipinski definition) is 5. The zero-order valence-corrected chi connectivity index (χ0v) is 27.9. The number of carboxylic acid groups (broad SMARTS) is 1. The number of rotatable bonds is 8. The average Bonchev–Trinajstić information content (AvgIpc) is 3.53. The van der Waals surface area contributed by atoms with Crippen LogP contribution in [-0.4, -0.2) is 43.1 Å². The van der Waals surface area contributed by atoms with Crippen molar-refractivity contribution in [2.75, 3.05) is 12.4 Å². The number of benzene rings is 1. The summed E-state index contributed by atoms with van der Waals surface area (Å²) in [5.41, 5.74) is 8.04. The first-order valence-corrected chi connectivity index (χ1v) is 18.7. The second kappa shape index (κ2) is 10.7. The number of nitrogens with one attached hydrogen (secondary N) is 3. The van der Waals surface area contributed by atoms with E-state index in [1.807, 2.05) is 42.7 Å². The predicted octanol–water partition coefficient (Wildman–Crippen LogP) is 6.34. The van der Waals surface area contributed by atoms with Gasteiger partial charge in [-0.1, -0.05) is 23.5 Å². The third-order valence-corrected chi connectivity index (χ3v) is 14.0. The fraction of sp³-hybridized carbons (Fsp3) is 0.471. The van der Waals surface area contributed by atoms with Crippen LogP contribution in [-0.2, 0) is 11.3 Å². The number of fused-ring (bicyclic) bond motifs is 1. The summed E-state index contributed by atoms with van der Waals surface area (Å²) < 4.78 is 6.74. The number of thiazole rings is 1. The summed E-state index contributed by atoms with van der Waals surface area (Å²) >= 11 is 0.327. The molecule has 7 aliphatic rings. The zero-order chi connectivity index (χ0) is 31.2. The van der Waals surface area contributed by atoms with Gasteiger partial charge >= 0.3 is 5.97 Å².